The summed E-state index contributed by atoms with van der Waals surface area (Å²) in [5.74, 6) is 1.09. The third kappa shape index (κ3) is 5.39. The highest BCUT2D eigenvalue weighted by molar-refractivity contribution is 7.99. The molecule has 4 rings (SSSR count). The highest BCUT2D eigenvalue weighted by atomic mass is 35.5. The number of aromatic nitrogens is 4. The van der Waals surface area contributed by atoms with E-state index in [9.17, 15) is 4.79 Å². The summed E-state index contributed by atoms with van der Waals surface area (Å²) in [7, 11) is 1.60. The Morgan fingerprint density at radius 2 is 1.81 bits per heavy atom. The van der Waals surface area contributed by atoms with Gasteiger partial charge in [-0.2, -0.15) is 0 Å². The van der Waals surface area contributed by atoms with Crippen molar-refractivity contribution in [1.29, 1.82) is 0 Å². The van der Waals surface area contributed by atoms with E-state index in [1.807, 2.05) is 24.3 Å². The Kier molecular flexibility index (Phi) is 6.44. The summed E-state index contributed by atoms with van der Waals surface area (Å²) < 4.78 is 10.7. The van der Waals surface area contributed by atoms with Crippen molar-refractivity contribution in [3.63, 3.8) is 0 Å². The Morgan fingerprint density at radius 3 is 2.55 bits per heavy atom. The number of rotatable bonds is 7. The molecule has 0 fully saturated rings. The molecule has 4 aromatic rings. The monoisotopic (exact) mass is 453 g/mol. The lowest BCUT2D eigenvalue weighted by molar-refractivity contribution is -0.113. The maximum absolute atomic E-state index is 12.3. The summed E-state index contributed by atoms with van der Waals surface area (Å²) in [4.78, 5) is 20.8. The van der Waals surface area contributed by atoms with Crippen molar-refractivity contribution in [3.05, 3.63) is 65.8 Å². The van der Waals surface area contributed by atoms with Crippen LogP contribution in [0.1, 0.15) is 0 Å². The summed E-state index contributed by atoms with van der Waals surface area (Å²) in [5.41, 5.74) is 2.31. The first-order chi connectivity index (χ1) is 15.1. The average molecular weight is 454 g/mol. The van der Waals surface area contributed by atoms with E-state index >= 15 is 0 Å². The minimum atomic E-state index is -0.289. The van der Waals surface area contributed by atoms with Crippen LogP contribution in [0.4, 0.5) is 5.95 Å². The minimum Gasteiger partial charge on any atom is -0.497 e. The number of nitrogens with one attached hydrogen (secondary N) is 1. The predicted octanol–water partition coefficient (Wildman–Crippen LogP) is 4.59. The average Bonchev–Trinajstić information content (AvgIpc) is 3.27. The van der Waals surface area contributed by atoms with Crippen LogP contribution in [0.2, 0.25) is 5.02 Å². The molecule has 156 valence electrons. The van der Waals surface area contributed by atoms with Crippen LogP contribution >= 0.6 is 23.4 Å². The van der Waals surface area contributed by atoms with E-state index in [-0.39, 0.29) is 22.8 Å². The molecule has 10 heteroatoms. The van der Waals surface area contributed by atoms with Crippen LogP contribution in [0.3, 0.4) is 0 Å². The van der Waals surface area contributed by atoms with Gasteiger partial charge in [0.05, 0.1) is 18.6 Å². The molecule has 0 aliphatic heterocycles. The maximum atomic E-state index is 12.3. The Hall–Kier alpha value is -3.43. The van der Waals surface area contributed by atoms with Gasteiger partial charge in [-0.15, -0.1) is 10.2 Å². The molecule has 0 aliphatic rings. The number of nitrogens with zero attached hydrogens (tertiary/aromatic N) is 4. The first-order valence-corrected chi connectivity index (χ1v) is 10.5. The topological polar surface area (TPSA) is 103 Å². The zero-order valence-corrected chi connectivity index (χ0v) is 17.9. The predicted molar refractivity (Wildman–Crippen MR) is 118 cm³/mol. The van der Waals surface area contributed by atoms with E-state index < -0.39 is 0 Å². The lowest BCUT2D eigenvalue weighted by Gasteiger charge is -2.05. The molecule has 0 atom stereocenters. The number of methoxy groups -OCH3 is 1. The van der Waals surface area contributed by atoms with Gasteiger partial charge >= 0.3 is 0 Å². The van der Waals surface area contributed by atoms with Crippen LogP contribution in [0.25, 0.3) is 22.7 Å². The fraction of sp³-hybridized carbons (Fsp3) is 0.0952. The first kappa shape index (κ1) is 20.8. The zero-order chi connectivity index (χ0) is 21.6. The molecule has 0 radical (unpaired) electrons. The number of ether oxygens (including phenoxy) is 1. The quantitative estimate of drug-likeness (QED) is 0.405. The van der Waals surface area contributed by atoms with Gasteiger partial charge in [0.1, 0.15) is 5.75 Å². The SMILES string of the molecule is COc1ccc(-c2nnc(SCC(=O)Nc3nccc(-c4ccc(Cl)cc4)n3)o2)cc1. The summed E-state index contributed by atoms with van der Waals surface area (Å²) in [6, 6.07) is 16.3. The number of hydrogen-bond acceptors (Lipinski definition) is 8. The van der Waals surface area contributed by atoms with Gasteiger partial charge in [0.2, 0.25) is 17.7 Å². The molecule has 0 aliphatic carbocycles. The van der Waals surface area contributed by atoms with Crippen LogP contribution in [0.15, 0.2) is 70.4 Å². The molecule has 2 heterocycles. The Morgan fingerprint density at radius 1 is 1.06 bits per heavy atom. The summed E-state index contributed by atoms with van der Waals surface area (Å²) in [6.45, 7) is 0. The van der Waals surface area contributed by atoms with Crippen LogP contribution in [0, 0.1) is 0 Å². The standard InChI is InChI=1S/C21H16ClN5O3S/c1-29-16-8-4-14(5-9-16)19-26-27-21(30-19)31-12-18(28)25-20-23-11-10-17(24-20)13-2-6-15(22)7-3-13/h2-11H,12H2,1H3,(H,23,24,25,28). The third-order valence-corrected chi connectivity index (χ3v) is 5.19. The number of anilines is 1. The normalized spacial score (nSPS) is 10.6. The fourth-order valence-electron chi connectivity index (χ4n) is 2.61. The first-order valence-electron chi connectivity index (χ1n) is 9.10. The van der Waals surface area contributed by atoms with Crippen molar-refractivity contribution in [2.24, 2.45) is 0 Å². The van der Waals surface area contributed by atoms with Gasteiger partial charge in [-0.25, -0.2) is 9.97 Å². The molecule has 1 N–H and O–H groups in total. The van der Waals surface area contributed by atoms with Crippen LogP contribution in [-0.2, 0) is 4.79 Å². The molecule has 31 heavy (non-hydrogen) atoms. The minimum absolute atomic E-state index is 0.0682. The molecule has 0 unspecified atom stereocenters. The Balaban J connectivity index is 1.35. The van der Waals surface area contributed by atoms with E-state index in [0.717, 1.165) is 28.6 Å². The maximum Gasteiger partial charge on any atom is 0.277 e. The number of thioether (sulfide) groups is 1. The smallest absolute Gasteiger partial charge is 0.277 e. The molecular weight excluding hydrogens is 438 g/mol. The summed E-state index contributed by atoms with van der Waals surface area (Å²) >= 11 is 7.04. The molecule has 2 aromatic heterocycles. The van der Waals surface area contributed by atoms with Gasteiger partial charge in [0.15, 0.2) is 0 Å². The molecule has 2 aromatic carbocycles. The lowest BCUT2D eigenvalue weighted by atomic mass is 10.1. The van der Waals surface area contributed by atoms with Gasteiger partial charge in [-0.1, -0.05) is 35.5 Å². The number of hydrogen-bond donors (Lipinski definition) is 1. The number of carbonyl (C=O) groups excluding carboxylic acids is 1. The Bertz CT molecular complexity index is 1180. The largest absolute Gasteiger partial charge is 0.497 e. The van der Waals surface area contributed by atoms with Gasteiger partial charge in [-0.05, 0) is 42.5 Å². The molecule has 0 spiro atoms. The molecule has 0 saturated carbocycles. The van der Waals surface area contributed by atoms with Gasteiger partial charge < -0.3 is 9.15 Å². The number of halogens is 1. The van der Waals surface area contributed by atoms with Crippen LogP contribution in [0.5, 0.6) is 5.75 Å². The van der Waals surface area contributed by atoms with E-state index in [1.165, 1.54) is 0 Å². The zero-order valence-electron chi connectivity index (χ0n) is 16.3. The van der Waals surface area contributed by atoms with Gasteiger partial charge in [0, 0.05) is 22.3 Å². The highest BCUT2D eigenvalue weighted by Gasteiger charge is 2.13. The van der Waals surface area contributed by atoms with Gasteiger partial charge in [0.25, 0.3) is 5.22 Å². The second-order valence-electron chi connectivity index (χ2n) is 6.21. The van der Waals surface area contributed by atoms with Crippen molar-refractivity contribution in [1.82, 2.24) is 20.2 Å². The lowest BCUT2D eigenvalue weighted by Crippen LogP contribution is -2.16. The van der Waals surface area contributed by atoms with E-state index in [1.54, 1.807) is 43.6 Å². The molecule has 8 nitrogen and oxygen atoms in total. The van der Waals surface area contributed by atoms with Crippen molar-refractivity contribution in [2.75, 3.05) is 18.2 Å². The van der Waals surface area contributed by atoms with Crippen molar-refractivity contribution in [2.45, 2.75) is 5.22 Å². The Labute approximate surface area is 187 Å². The van der Waals surface area contributed by atoms with E-state index in [4.69, 9.17) is 20.8 Å². The summed E-state index contributed by atoms with van der Waals surface area (Å²) in [5, 5.41) is 11.6. The molecular formula is C21H16ClN5O3S. The van der Waals surface area contributed by atoms with Crippen molar-refractivity contribution < 1.29 is 13.9 Å². The van der Waals surface area contributed by atoms with Crippen LogP contribution in [-0.4, -0.2) is 38.9 Å². The fourth-order valence-corrected chi connectivity index (χ4v) is 3.30. The highest BCUT2D eigenvalue weighted by Crippen LogP contribution is 2.25. The van der Waals surface area contributed by atoms with Crippen molar-refractivity contribution in [3.8, 4) is 28.5 Å². The number of carbonyl (C=O) groups is 1. The van der Waals surface area contributed by atoms with Gasteiger partial charge in [-0.3, -0.25) is 10.1 Å². The third-order valence-electron chi connectivity index (χ3n) is 4.12. The molecule has 1 amide bonds. The van der Waals surface area contributed by atoms with E-state index in [0.29, 0.717) is 16.6 Å². The summed E-state index contributed by atoms with van der Waals surface area (Å²) in [6.07, 6.45) is 1.58. The number of benzene rings is 2. The van der Waals surface area contributed by atoms with Crippen LogP contribution < -0.4 is 10.1 Å². The molecule has 0 bridgehead atoms. The van der Waals surface area contributed by atoms with Crippen molar-refractivity contribution >= 4 is 35.2 Å². The second kappa shape index (κ2) is 9.59. The molecule has 0 saturated heterocycles. The number of amides is 1. The second-order valence-corrected chi connectivity index (χ2v) is 7.57. The van der Waals surface area contributed by atoms with E-state index in [2.05, 4.69) is 25.5 Å².